The molecule has 1 saturated heterocycles. The van der Waals surface area contributed by atoms with E-state index < -0.39 is 6.03 Å². The molecule has 3 rings (SSSR count). The molecule has 138 valence electrons. The first kappa shape index (κ1) is 18.3. The highest BCUT2D eigenvalue weighted by atomic mass is 16.2. The normalized spacial score (nSPS) is 20.3. The molecule has 1 aromatic carbocycles. The van der Waals surface area contributed by atoms with E-state index in [4.69, 9.17) is 5.73 Å². The molecule has 1 aromatic rings. The molecule has 0 bridgehead atoms. The van der Waals surface area contributed by atoms with Crippen LogP contribution in [0.15, 0.2) is 30.3 Å². The molecule has 3 amide bonds. The summed E-state index contributed by atoms with van der Waals surface area (Å²) in [7, 11) is 0. The molecule has 0 aromatic heterocycles. The van der Waals surface area contributed by atoms with Crippen molar-refractivity contribution in [3.05, 3.63) is 35.9 Å². The first-order valence-corrected chi connectivity index (χ1v) is 9.54. The van der Waals surface area contributed by atoms with E-state index >= 15 is 0 Å². The molecule has 0 radical (unpaired) electrons. The molecule has 2 fully saturated rings. The number of benzene rings is 1. The van der Waals surface area contributed by atoms with Gasteiger partial charge in [0.1, 0.15) is 0 Å². The number of hydrogen-bond donors (Lipinski definition) is 1. The number of rotatable bonds is 3. The predicted octanol–water partition coefficient (Wildman–Crippen LogP) is 2.60. The summed E-state index contributed by atoms with van der Waals surface area (Å²) in [6.07, 6.45) is 6.07. The number of carbonyl (C=O) groups is 2. The van der Waals surface area contributed by atoms with Crippen LogP contribution >= 0.6 is 0 Å². The lowest BCUT2D eigenvalue weighted by atomic mass is 9.95. The minimum atomic E-state index is -0.432. The lowest BCUT2D eigenvalue weighted by Crippen LogP contribution is -2.50. The predicted molar refractivity (Wildman–Crippen MR) is 101 cm³/mol. The Kier molecular flexibility index (Phi) is 6.17. The molecule has 1 saturated carbocycles. The quantitative estimate of drug-likeness (QED) is 0.849. The molecule has 1 atom stereocenters. The van der Waals surface area contributed by atoms with Crippen molar-refractivity contribution in [1.82, 2.24) is 9.80 Å². The lowest BCUT2D eigenvalue weighted by Gasteiger charge is -2.36. The number of amides is 3. The molecule has 0 unspecified atom stereocenters. The maximum absolute atomic E-state index is 13.2. The summed E-state index contributed by atoms with van der Waals surface area (Å²) in [4.78, 5) is 28.2. The van der Waals surface area contributed by atoms with E-state index in [2.05, 4.69) is 11.8 Å². The van der Waals surface area contributed by atoms with Gasteiger partial charge in [-0.1, -0.05) is 42.9 Å². The van der Waals surface area contributed by atoms with E-state index in [0.717, 1.165) is 31.2 Å². The smallest absolute Gasteiger partial charge is 0.314 e. The second-order valence-electron chi connectivity index (χ2n) is 7.20. The van der Waals surface area contributed by atoms with Gasteiger partial charge in [-0.2, -0.15) is 0 Å². The third-order valence-electron chi connectivity index (χ3n) is 5.39. The number of primary amides is 1. The van der Waals surface area contributed by atoms with Crippen LogP contribution in [0, 0.1) is 17.8 Å². The van der Waals surface area contributed by atoms with E-state index in [1.807, 2.05) is 35.2 Å². The fourth-order valence-electron chi connectivity index (χ4n) is 3.96. The van der Waals surface area contributed by atoms with Crippen LogP contribution in [0.4, 0.5) is 4.79 Å². The van der Waals surface area contributed by atoms with Gasteiger partial charge in [-0.15, -0.1) is 0 Å². The van der Waals surface area contributed by atoms with Gasteiger partial charge in [-0.05, 0) is 37.8 Å². The van der Waals surface area contributed by atoms with Crippen molar-refractivity contribution in [1.29, 1.82) is 0 Å². The summed E-state index contributed by atoms with van der Waals surface area (Å²) < 4.78 is 0. The van der Waals surface area contributed by atoms with Gasteiger partial charge >= 0.3 is 6.03 Å². The van der Waals surface area contributed by atoms with Crippen LogP contribution in [-0.2, 0) is 4.79 Å². The van der Waals surface area contributed by atoms with Crippen LogP contribution in [0.2, 0.25) is 0 Å². The maximum Gasteiger partial charge on any atom is 0.314 e. The molecule has 1 aliphatic heterocycles. The minimum absolute atomic E-state index is 0.130. The zero-order chi connectivity index (χ0) is 18.4. The molecule has 5 heteroatoms. The van der Waals surface area contributed by atoms with Crippen LogP contribution in [0.1, 0.15) is 44.1 Å². The Hall–Kier alpha value is -2.48. The van der Waals surface area contributed by atoms with Crippen molar-refractivity contribution >= 4 is 11.9 Å². The van der Waals surface area contributed by atoms with Gasteiger partial charge in [0.15, 0.2) is 0 Å². The van der Waals surface area contributed by atoms with Crippen LogP contribution < -0.4 is 5.73 Å². The third-order valence-corrected chi connectivity index (χ3v) is 5.39. The van der Waals surface area contributed by atoms with Crippen molar-refractivity contribution < 1.29 is 9.59 Å². The number of urea groups is 1. The molecule has 1 heterocycles. The number of likely N-dealkylation sites (tertiary alicyclic amines) is 1. The lowest BCUT2D eigenvalue weighted by molar-refractivity contribution is -0.138. The topological polar surface area (TPSA) is 66.6 Å². The first-order chi connectivity index (χ1) is 12.6. The fraction of sp³-hybridized carbons (Fsp3) is 0.524. The number of hydrogen-bond acceptors (Lipinski definition) is 2. The highest BCUT2D eigenvalue weighted by Gasteiger charge is 2.34. The van der Waals surface area contributed by atoms with Crippen LogP contribution in [0.5, 0.6) is 0 Å². The van der Waals surface area contributed by atoms with Gasteiger partial charge in [-0.3, -0.25) is 4.79 Å². The monoisotopic (exact) mass is 353 g/mol. The Morgan fingerprint density at radius 3 is 2.54 bits per heavy atom. The average Bonchev–Trinajstić information content (AvgIpc) is 3.20. The van der Waals surface area contributed by atoms with Crippen molar-refractivity contribution in [2.24, 2.45) is 11.7 Å². The highest BCUT2D eigenvalue weighted by molar-refractivity contribution is 5.81. The Morgan fingerprint density at radius 2 is 1.85 bits per heavy atom. The van der Waals surface area contributed by atoms with Crippen LogP contribution in [-0.4, -0.2) is 47.4 Å². The van der Waals surface area contributed by atoms with Gasteiger partial charge in [0.05, 0.1) is 12.5 Å². The van der Waals surface area contributed by atoms with Gasteiger partial charge < -0.3 is 15.5 Å². The molecular formula is C21H27N3O2. The van der Waals surface area contributed by atoms with Gasteiger partial charge in [0.25, 0.3) is 0 Å². The van der Waals surface area contributed by atoms with Crippen molar-refractivity contribution in [3.8, 4) is 11.8 Å². The van der Waals surface area contributed by atoms with Gasteiger partial charge in [0.2, 0.25) is 5.91 Å². The zero-order valence-corrected chi connectivity index (χ0v) is 15.2. The first-order valence-electron chi connectivity index (χ1n) is 9.54. The SMILES string of the molecule is NC(=O)N1CCC[C@H](C(=O)N(CC#Cc2ccccc2)C2CCCC2)C1. The van der Waals surface area contributed by atoms with E-state index in [-0.39, 0.29) is 17.9 Å². The Labute approximate surface area is 155 Å². The fourth-order valence-corrected chi connectivity index (χ4v) is 3.96. The van der Waals surface area contributed by atoms with Gasteiger partial charge in [0, 0.05) is 24.7 Å². The minimum Gasteiger partial charge on any atom is -0.351 e. The summed E-state index contributed by atoms with van der Waals surface area (Å²) >= 11 is 0. The summed E-state index contributed by atoms with van der Waals surface area (Å²) in [5.74, 6) is 6.31. The van der Waals surface area contributed by atoms with E-state index in [1.165, 1.54) is 12.8 Å². The van der Waals surface area contributed by atoms with E-state index in [1.54, 1.807) is 4.90 Å². The second kappa shape index (κ2) is 8.75. The van der Waals surface area contributed by atoms with Crippen molar-refractivity contribution in [3.63, 3.8) is 0 Å². The second-order valence-corrected chi connectivity index (χ2v) is 7.20. The number of carbonyl (C=O) groups excluding carboxylic acids is 2. The van der Waals surface area contributed by atoms with Crippen LogP contribution in [0.3, 0.4) is 0 Å². The summed E-state index contributed by atoms with van der Waals surface area (Å²) in [6.45, 7) is 1.53. The van der Waals surface area contributed by atoms with E-state index in [0.29, 0.717) is 19.6 Å². The summed E-state index contributed by atoms with van der Waals surface area (Å²) in [6, 6.07) is 9.68. The van der Waals surface area contributed by atoms with Crippen molar-refractivity contribution in [2.75, 3.05) is 19.6 Å². The zero-order valence-electron chi connectivity index (χ0n) is 15.2. The number of nitrogens with zero attached hydrogens (tertiary/aromatic N) is 2. The van der Waals surface area contributed by atoms with Gasteiger partial charge in [-0.25, -0.2) is 4.79 Å². The molecule has 2 aliphatic rings. The molecule has 0 spiro atoms. The molecule has 5 nitrogen and oxygen atoms in total. The molecule has 2 N–H and O–H groups in total. The van der Waals surface area contributed by atoms with Crippen LogP contribution in [0.25, 0.3) is 0 Å². The van der Waals surface area contributed by atoms with E-state index in [9.17, 15) is 9.59 Å². The molecule has 1 aliphatic carbocycles. The number of nitrogens with two attached hydrogens (primary N) is 1. The maximum atomic E-state index is 13.2. The summed E-state index contributed by atoms with van der Waals surface area (Å²) in [5, 5.41) is 0. The Bertz CT molecular complexity index is 686. The molecule has 26 heavy (non-hydrogen) atoms. The number of piperidine rings is 1. The third kappa shape index (κ3) is 4.57. The Balaban J connectivity index is 1.70. The standard InChI is InChI=1S/C21H27N3O2/c22-21(26)23-14-7-11-18(16-23)20(25)24(19-12-4-5-13-19)15-6-10-17-8-2-1-3-9-17/h1-3,8-9,18-19H,4-5,7,11-16H2,(H2,22,26)/t18-/m0/s1. The largest absolute Gasteiger partial charge is 0.351 e. The van der Waals surface area contributed by atoms with Crippen molar-refractivity contribution in [2.45, 2.75) is 44.6 Å². The summed E-state index contributed by atoms with van der Waals surface area (Å²) in [5.41, 5.74) is 6.37. The highest BCUT2D eigenvalue weighted by Crippen LogP contribution is 2.27. The molecular weight excluding hydrogens is 326 g/mol. The average molecular weight is 353 g/mol. The Morgan fingerprint density at radius 1 is 1.12 bits per heavy atom.